The van der Waals surface area contributed by atoms with E-state index in [2.05, 4.69) is 139 Å². The summed E-state index contributed by atoms with van der Waals surface area (Å²) in [6.07, 6.45) is 0. The molecule has 0 spiro atoms. The molecule has 2 nitrogen and oxygen atoms in total. The van der Waals surface area contributed by atoms with Crippen LogP contribution in [-0.2, 0) is 6.54 Å². The van der Waals surface area contributed by atoms with Crippen molar-refractivity contribution >= 4 is 0 Å². The van der Waals surface area contributed by atoms with Gasteiger partial charge in [0.1, 0.15) is 0 Å². The molecule has 2 N–H and O–H groups in total. The van der Waals surface area contributed by atoms with E-state index in [0.29, 0.717) is 0 Å². The average Bonchev–Trinajstić information content (AvgIpc) is 3.45. The van der Waals surface area contributed by atoms with Crippen LogP contribution in [-0.4, -0.2) is 0 Å². The molecule has 2 heteroatoms. The lowest BCUT2D eigenvalue weighted by Crippen LogP contribution is -2.24. The van der Waals surface area contributed by atoms with Gasteiger partial charge in [-0.15, -0.1) is 0 Å². The molecule has 0 aliphatic heterocycles. The number of hydrogen-bond acceptors (Lipinski definition) is 2. The number of nitrogens with one attached hydrogen (secondary N) is 2. The Morgan fingerprint density at radius 1 is 0.514 bits per heavy atom. The van der Waals surface area contributed by atoms with Gasteiger partial charge >= 0.3 is 0 Å². The third-order valence-corrected chi connectivity index (χ3v) is 8.07. The van der Waals surface area contributed by atoms with E-state index in [1.54, 1.807) is 0 Å². The van der Waals surface area contributed by atoms with Crippen molar-refractivity contribution in [3.8, 4) is 22.3 Å². The second-order valence-corrected chi connectivity index (χ2v) is 10.2. The molecule has 2 aliphatic carbocycles. The van der Waals surface area contributed by atoms with E-state index in [1.165, 1.54) is 55.6 Å². The smallest absolute Gasteiger partial charge is 0.0593 e. The predicted octanol–water partition coefficient (Wildman–Crippen LogP) is 7.97. The Bertz CT molecular complexity index is 1490. The third-order valence-electron chi connectivity index (χ3n) is 8.07. The summed E-state index contributed by atoms with van der Waals surface area (Å²) in [4.78, 5) is 0. The van der Waals surface area contributed by atoms with Gasteiger partial charge in [-0.25, -0.2) is 0 Å². The third kappa shape index (κ3) is 3.81. The van der Waals surface area contributed by atoms with Crippen molar-refractivity contribution in [2.45, 2.75) is 31.6 Å². The Hall–Kier alpha value is -3.98. The lowest BCUT2D eigenvalue weighted by molar-refractivity contribution is 0.523. The molecule has 0 heterocycles. The first-order valence-corrected chi connectivity index (χ1v) is 13.2. The largest absolute Gasteiger partial charge is 0.302 e. The minimum absolute atomic E-state index is 0.214. The van der Waals surface area contributed by atoms with Crippen LogP contribution in [0.25, 0.3) is 22.3 Å². The molecule has 1 atom stereocenters. The monoisotopic (exact) mass is 478 g/mol. The minimum Gasteiger partial charge on any atom is -0.302 e. The topological polar surface area (TPSA) is 24.1 Å². The quantitative estimate of drug-likeness (QED) is 0.259. The van der Waals surface area contributed by atoms with Gasteiger partial charge in [0.2, 0.25) is 0 Å². The Morgan fingerprint density at radius 3 is 1.38 bits per heavy atom. The second kappa shape index (κ2) is 9.15. The van der Waals surface area contributed by atoms with Crippen molar-refractivity contribution in [1.29, 1.82) is 0 Å². The first-order valence-electron chi connectivity index (χ1n) is 13.2. The Morgan fingerprint density at radius 2 is 0.919 bits per heavy atom. The Balaban J connectivity index is 1.07. The number of benzene rings is 5. The molecule has 0 aromatic heterocycles. The van der Waals surface area contributed by atoms with E-state index in [0.717, 1.165) is 6.54 Å². The van der Waals surface area contributed by atoms with Crippen molar-refractivity contribution in [3.05, 3.63) is 155 Å². The molecule has 0 amide bonds. The molecule has 0 saturated heterocycles. The molecule has 1 unspecified atom stereocenters. The van der Waals surface area contributed by atoms with Crippen molar-refractivity contribution in [3.63, 3.8) is 0 Å². The van der Waals surface area contributed by atoms with Crippen LogP contribution in [0.4, 0.5) is 0 Å². The van der Waals surface area contributed by atoms with Crippen LogP contribution in [0.2, 0.25) is 0 Å². The molecule has 180 valence electrons. The lowest BCUT2D eigenvalue weighted by Gasteiger charge is -2.22. The van der Waals surface area contributed by atoms with Crippen LogP contribution in [0, 0.1) is 0 Å². The molecule has 0 fully saturated rings. The molecule has 37 heavy (non-hydrogen) atoms. The van der Waals surface area contributed by atoms with Crippen LogP contribution < -0.4 is 10.6 Å². The van der Waals surface area contributed by atoms with Crippen molar-refractivity contribution in [2.24, 2.45) is 0 Å². The summed E-state index contributed by atoms with van der Waals surface area (Å²) in [7, 11) is 0. The summed E-state index contributed by atoms with van der Waals surface area (Å²) in [5.74, 6) is 0. The molecular weight excluding hydrogens is 448 g/mol. The summed E-state index contributed by atoms with van der Waals surface area (Å²) in [6.45, 7) is 3.10. The molecule has 0 radical (unpaired) electrons. The highest BCUT2D eigenvalue weighted by Gasteiger charge is 2.29. The fourth-order valence-corrected chi connectivity index (χ4v) is 6.20. The zero-order valence-corrected chi connectivity index (χ0v) is 21.0. The first-order chi connectivity index (χ1) is 18.3. The summed E-state index contributed by atoms with van der Waals surface area (Å²) in [5, 5.41) is 7.73. The summed E-state index contributed by atoms with van der Waals surface area (Å²) < 4.78 is 0. The highest BCUT2D eigenvalue weighted by molar-refractivity contribution is 5.79. The second-order valence-electron chi connectivity index (χ2n) is 10.2. The zero-order valence-electron chi connectivity index (χ0n) is 21.0. The molecule has 0 saturated carbocycles. The van der Waals surface area contributed by atoms with Crippen LogP contribution in [0.1, 0.15) is 58.4 Å². The molecule has 5 aromatic carbocycles. The van der Waals surface area contributed by atoms with Crippen molar-refractivity contribution in [1.82, 2.24) is 10.6 Å². The van der Waals surface area contributed by atoms with E-state index in [9.17, 15) is 0 Å². The van der Waals surface area contributed by atoms with Gasteiger partial charge in [-0.05, 0) is 62.6 Å². The maximum absolute atomic E-state index is 3.91. The highest BCUT2D eigenvalue weighted by Crippen LogP contribution is 2.44. The summed E-state index contributed by atoms with van der Waals surface area (Å²) in [5.41, 5.74) is 13.5. The van der Waals surface area contributed by atoms with Gasteiger partial charge in [0.15, 0.2) is 0 Å². The van der Waals surface area contributed by atoms with Crippen LogP contribution in [0.15, 0.2) is 121 Å². The predicted molar refractivity (Wildman–Crippen MR) is 152 cm³/mol. The number of fused-ring (bicyclic) bond motifs is 6. The average molecular weight is 479 g/mol. The SMILES string of the molecule is CC(NC1c2ccccc2-c2ccccc21)c1ccc(CNC2c3ccccc3-c3ccccc32)cc1. The van der Waals surface area contributed by atoms with E-state index in [1.807, 2.05) is 0 Å². The van der Waals surface area contributed by atoms with Gasteiger partial charge in [-0.2, -0.15) is 0 Å². The van der Waals surface area contributed by atoms with Gasteiger partial charge in [-0.1, -0.05) is 121 Å². The van der Waals surface area contributed by atoms with Crippen LogP contribution in [0.5, 0.6) is 0 Å². The van der Waals surface area contributed by atoms with Gasteiger partial charge in [0.25, 0.3) is 0 Å². The van der Waals surface area contributed by atoms with E-state index in [-0.39, 0.29) is 18.1 Å². The number of rotatable bonds is 6. The first kappa shape index (κ1) is 22.2. The van der Waals surface area contributed by atoms with E-state index in [4.69, 9.17) is 0 Å². The normalized spacial score (nSPS) is 14.6. The Labute approximate surface area is 219 Å². The van der Waals surface area contributed by atoms with E-state index >= 15 is 0 Å². The zero-order chi connectivity index (χ0) is 24.8. The maximum atomic E-state index is 3.91. The molecule has 7 rings (SSSR count). The van der Waals surface area contributed by atoms with Gasteiger partial charge in [0.05, 0.1) is 12.1 Å². The van der Waals surface area contributed by atoms with Gasteiger partial charge < -0.3 is 5.32 Å². The van der Waals surface area contributed by atoms with Crippen LogP contribution in [0.3, 0.4) is 0 Å². The van der Waals surface area contributed by atoms with E-state index < -0.39 is 0 Å². The van der Waals surface area contributed by atoms with Gasteiger partial charge in [-0.3, -0.25) is 5.32 Å². The molecule has 0 bridgehead atoms. The fourth-order valence-electron chi connectivity index (χ4n) is 6.20. The van der Waals surface area contributed by atoms with Crippen molar-refractivity contribution < 1.29 is 0 Å². The lowest BCUT2D eigenvalue weighted by atomic mass is 10.0. The minimum atomic E-state index is 0.214. The fraction of sp³-hybridized carbons (Fsp3) is 0.143. The number of hydrogen-bond donors (Lipinski definition) is 2. The summed E-state index contributed by atoms with van der Waals surface area (Å²) >= 11 is 0. The standard InChI is InChI=1S/C35H30N2/c1-23(37-35-32-16-8-4-12-28(32)29-13-5-9-17-33(29)35)25-20-18-24(19-21-25)22-36-34-30-14-6-2-10-26(30)27-11-3-7-15-31(27)34/h2-21,23,34-37H,22H2,1H3. The molecule has 5 aromatic rings. The summed E-state index contributed by atoms with van der Waals surface area (Å²) in [6, 6.07) is 44.9. The van der Waals surface area contributed by atoms with Crippen LogP contribution >= 0.6 is 0 Å². The van der Waals surface area contributed by atoms with Crippen molar-refractivity contribution in [2.75, 3.05) is 0 Å². The Kier molecular flexibility index (Phi) is 5.50. The molecular formula is C35H30N2. The van der Waals surface area contributed by atoms with Gasteiger partial charge in [0, 0.05) is 12.6 Å². The maximum Gasteiger partial charge on any atom is 0.0593 e. The highest BCUT2D eigenvalue weighted by atomic mass is 15.0. The molecule has 2 aliphatic rings.